The Morgan fingerprint density at radius 3 is 1.76 bits per heavy atom. The van der Waals surface area contributed by atoms with Crippen LogP contribution >= 0.6 is 0 Å². The highest BCUT2D eigenvalue weighted by molar-refractivity contribution is 6.99. The van der Waals surface area contributed by atoms with Gasteiger partial charge in [-0.3, -0.25) is 0 Å². The normalized spacial score (nSPS) is 23.1. The lowest BCUT2D eigenvalue weighted by atomic mass is 9.35. The van der Waals surface area contributed by atoms with Crippen LogP contribution in [-0.2, 0) is 38.9 Å². The Bertz CT molecular complexity index is 3580. The van der Waals surface area contributed by atoms with Crippen molar-refractivity contribution in [3.05, 3.63) is 160 Å². The standard InChI is InChI=1S/C73H86BN3O/c1-66(2,3)48-28-31-50(32-29-48)75-59-41-51(77-56-27-21-20-26-47(56)45-72(15)34-22-23-35-73(72,77)16)42-60-62(59)74(65-63(75)61-64(78-65)71(13,14)39-38-70(61,11)12)55-43-53-54(69(9,10)37-36-68(53,7)8)44-58(55)76(60)57-33-30-49(67(4,5)6)40-52(57)46-24-18-17-19-25-46/h17-21,24-33,40-44H,22-23,34-39,45H2,1-16H3. The van der Waals surface area contributed by atoms with E-state index >= 15 is 0 Å². The Hall–Kier alpha value is -5.94. The summed E-state index contributed by atoms with van der Waals surface area (Å²) < 4.78 is 7.96. The van der Waals surface area contributed by atoms with Crippen LogP contribution in [0.3, 0.4) is 0 Å². The number of rotatable bonds is 4. The summed E-state index contributed by atoms with van der Waals surface area (Å²) in [5.41, 5.74) is 24.4. The van der Waals surface area contributed by atoms with Gasteiger partial charge in [-0.2, -0.15) is 0 Å². The fourth-order valence-corrected chi connectivity index (χ4v) is 15.8. The van der Waals surface area contributed by atoms with Gasteiger partial charge in [-0.15, -0.1) is 0 Å². The van der Waals surface area contributed by atoms with E-state index in [0.717, 1.165) is 49.9 Å². The molecule has 78 heavy (non-hydrogen) atoms. The molecule has 1 saturated carbocycles. The van der Waals surface area contributed by atoms with Crippen molar-refractivity contribution in [1.29, 1.82) is 0 Å². The zero-order valence-electron chi connectivity index (χ0n) is 50.2. The van der Waals surface area contributed by atoms with E-state index in [1.807, 2.05) is 0 Å². The molecule has 6 aromatic carbocycles. The first-order chi connectivity index (χ1) is 36.6. The summed E-state index contributed by atoms with van der Waals surface area (Å²) in [7, 11) is 0. The maximum atomic E-state index is 7.96. The van der Waals surface area contributed by atoms with Crippen molar-refractivity contribution in [3.8, 4) is 11.1 Å². The molecule has 0 spiro atoms. The minimum absolute atomic E-state index is 0.00427. The van der Waals surface area contributed by atoms with Gasteiger partial charge in [-0.25, -0.2) is 0 Å². The summed E-state index contributed by atoms with van der Waals surface area (Å²) in [6.45, 7) is 39.0. The second-order valence-electron chi connectivity index (χ2n) is 30.3. The molecule has 4 heterocycles. The molecule has 1 fully saturated rings. The van der Waals surface area contributed by atoms with Crippen molar-refractivity contribution >= 4 is 68.8 Å². The Morgan fingerprint density at radius 1 is 0.487 bits per heavy atom. The Balaban J connectivity index is 1.23. The number of nitrogens with zero attached hydrogens (tertiary/aromatic N) is 3. The second kappa shape index (κ2) is 16.8. The predicted molar refractivity (Wildman–Crippen MR) is 333 cm³/mol. The van der Waals surface area contributed by atoms with E-state index in [9.17, 15) is 0 Å². The predicted octanol–water partition coefficient (Wildman–Crippen LogP) is 18.4. The van der Waals surface area contributed by atoms with Gasteiger partial charge in [0.05, 0.1) is 17.0 Å². The molecule has 2 unspecified atom stereocenters. The van der Waals surface area contributed by atoms with Crippen LogP contribution in [0.2, 0.25) is 0 Å². The molecule has 3 aliphatic heterocycles. The highest BCUT2D eigenvalue weighted by Gasteiger charge is 2.57. The third-order valence-corrected chi connectivity index (χ3v) is 21.2. The molecular weight excluding hydrogens is 946 g/mol. The average Bonchev–Trinajstić information content (AvgIpc) is 2.45. The van der Waals surface area contributed by atoms with E-state index in [0.29, 0.717) is 0 Å². The molecule has 2 atom stereocenters. The van der Waals surface area contributed by atoms with Crippen molar-refractivity contribution in [2.24, 2.45) is 5.41 Å². The Labute approximate surface area is 469 Å². The first kappa shape index (κ1) is 51.5. The molecule has 5 heteroatoms. The number of hydrogen-bond donors (Lipinski definition) is 0. The maximum Gasteiger partial charge on any atom is 0.297 e. The second-order valence-corrected chi connectivity index (χ2v) is 30.3. The third-order valence-electron chi connectivity index (χ3n) is 21.2. The van der Waals surface area contributed by atoms with Crippen LogP contribution in [0.15, 0.2) is 126 Å². The van der Waals surface area contributed by atoms with E-state index in [4.69, 9.17) is 4.42 Å². The molecule has 0 saturated heterocycles. The van der Waals surface area contributed by atoms with Gasteiger partial charge in [0, 0.05) is 56.2 Å². The quantitative estimate of drug-likeness (QED) is 0.164. The van der Waals surface area contributed by atoms with Gasteiger partial charge in [0.1, 0.15) is 5.76 Å². The summed E-state index contributed by atoms with van der Waals surface area (Å²) in [5, 5.41) is 0. The first-order valence-corrected chi connectivity index (χ1v) is 30.0. The summed E-state index contributed by atoms with van der Waals surface area (Å²) >= 11 is 0. The largest absolute Gasteiger partial charge is 0.472 e. The van der Waals surface area contributed by atoms with Gasteiger partial charge in [0.2, 0.25) is 0 Å². The van der Waals surface area contributed by atoms with Gasteiger partial charge in [0.25, 0.3) is 6.71 Å². The minimum Gasteiger partial charge on any atom is -0.472 e. The highest BCUT2D eigenvalue weighted by Crippen LogP contribution is 2.61. The van der Waals surface area contributed by atoms with E-state index < -0.39 is 0 Å². The van der Waals surface area contributed by atoms with E-state index in [1.54, 1.807) is 0 Å². The summed E-state index contributed by atoms with van der Waals surface area (Å²) in [6, 6.07) is 48.4. The topological polar surface area (TPSA) is 22.9 Å². The molecule has 1 aromatic heterocycles. The molecule has 0 bridgehead atoms. The van der Waals surface area contributed by atoms with Gasteiger partial charge >= 0.3 is 0 Å². The lowest BCUT2D eigenvalue weighted by molar-refractivity contribution is 0.0863. The van der Waals surface area contributed by atoms with Crippen molar-refractivity contribution < 1.29 is 4.42 Å². The number of para-hydroxylation sites is 1. The maximum absolute atomic E-state index is 7.96. The van der Waals surface area contributed by atoms with Crippen molar-refractivity contribution in [2.45, 2.75) is 207 Å². The molecule has 0 radical (unpaired) electrons. The van der Waals surface area contributed by atoms with Crippen LogP contribution in [0.25, 0.3) is 11.1 Å². The van der Waals surface area contributed by atoms with Gasteiger partial charge in [-0.05, 0) is 177 Å². The Morgan fingerprint density at radius 2 is 1.08 bits per heavy atom. The molecule has 402 valence electrons. The Kier molecular flexibility index (Phi) is 11.1. The number of furan rings is 1. The lowest BCUT2D eigenvalue weighted by Crippen LogP contribution is -2.62. The molecule has 3 aliphatic carbocycles. The van der Waals surface area contributed by atoms with Crippen LogP contribution < -0.4 is 31.3 Å². The molecule has 6 aliphatic rings. The number of anilines is 8. The molecule has 13 rings (SSSR count). The van der Waals surface area contributed by atoms with Crippen LogP contribution in [0.5, 0.6) is 0 Å². The van der Waals surface area contributed by atoms with Crippen LogP contribution in [-0.4, -0.2) is 12.3 Å². The smallest absolute Gasteiger partial charge is 0.297 e. The third kappa shape index (κ3) is 7.50. The first-order valence-electron chi connectivity index (χ1n) is 30.0. The summed E-state index contributed by atoms with van der Waals surface area (Å²) in [5.74, 6) is 1.16. The van der Waals surface area contributed by atoms with Crippen molar-refractivity contribution in [1.82, 2.24) is 0 Å². The number of benzene rings is 6. The molecular formula is C73H86BN3O. The zero-order valence-corrected chi connectivity index (χ0v) is 50.2. The average molecular weight is 1030 g/mol. The van der Waals surface area contributed by atoms with E-state index in [2.05, 4.69) is 247 Å². The lowest BCUT2D eigenvalue weighted by Gasteiger charge is -2.60. The molecule has 0 N–H and O–H groups in total. The SMILES string of the molecule is CC(C)(C)c1ccc(N2c3cc(N4c5ccccc5CC5(C)CCCCC45C)cc4c3B(c3cc5c(cc3N4c3ccc(C(C)(C)C)cc3-c3ccccc3)C(C)(C)CCC5(C)C)c3oc4c(c32)C(C)(C)CCC4(C)C)cc1. The molecule has 7 aromatic rings. The molecule has 4 nitrogen and oxygen atoms in total. The summed E-state index contributed by atoms with van der Waals surface area (Å²) in [6.07, 6.45) is 10.4. The van der Waals surface area contributed by atoms with Crippen LogP contribution in [0.1, 0.15) is 201 Å². The van der Waals surface area contributed by atoms with E-state index in [1.165, 1.54) is 120 Å². The number of fused-ring (bicyclic) bond motifs is 9. The molecule has 0 amide bonds. The minimum atomic E-state index is -0.156. The fourth-order valence-electron chi connectivity index (χ4n) is 15.8. The van der Waals surface area contributed by atoms with Crippen LogP contribution in [0, 0.1) is 5.41 Å². The van der Waals surface area contributed by atoms with Gasteiger partial charge < -0.3 is 19.1 Å². The van der Waals surface area contributed by atoms with Gasteiger partial charge in [-0.1, -0.05) is 189 Å². The monoisotopic (exact) mass is 1030 g/mol. The van der Waals surface area contributed by atoms with Gasteiger partial charge in [0.15, 0.2) is 0 Å². The van der Waals surface area contributed by atoms with Crippen molar-refractivity contribution in [2.75, 3.05) is 14.7 Å². The van der Waals surface area contributed by atoms with E-state index in [-0.39, 0.29) is 50.2 Å². The summed E-state index contributed by atoms with van der Waals surface area (Å²) in [4.78, 5) is 8.32. The highest BCUT2D eigenvalue weighted by atomic mass is 16.3. The van der Waals surface area contributed by atoms with Crippen molar-refractivity contribution in [3.63, 3.8) is 0 Å². The number of hydrogen-bond acceptors (Lipinski definition) is 4. The van der Waals surface area contributed by atoms with Crippen LogP contribution in [0.4, 0.5) is 45.5 Å². The zero-order chi connectivity index (χ0) is 55.1. The fraction of sp³-hybridized carbons (Fsp3) is 0.452.